The zero-order valence-corrected chi connectivity index (χ0v) is 10.8. The number of fused-ring (bicyclic) bond motifs is 1. The molecule has 92 valence electrons. The van der Waals surface area contributed by atoms with Crippen LogP contribution in [0.25, 0.3) is 0 Å². The number of carbonyl (C=O) groups is 1. The Morgan fingerprint density at radius 1 is 1.35 bits per heavy atom. The molecule has 1 aliphatic rings. The Kier molecular flexibility index (Phi) is 3.48. The molecule has 0 aromatic heterocycles. The van der Waals surface area contributed by atoms with E-state index in [0.29, 0.717) is 6.04 Å². The number of aryl methyl sites for hydroxylation is 1. The summed E-state index contributed by atoms with van der Waals surface area (Å²) in [5, 5.41) is 2.85. The summed E-state index contributed by atoms with van der Waals surface area (Å²) in [7, 11) is 4.26. The van der Waals surface area contributed by atoms with E-state index in [1.807, 2.05) is 6.07 Å². The lowest BCUT2D eigenvalue weighted by Gasteiger charge is -2.30. The Morgan fingerprint density at radius 3 is 2.76 bits per heavy atom. The number of hydrogen-bond acceptors (Lipinski definition) is 2. The fourth-order valence-electron chi connectivity index (χ4n) is 2.46. The standard InChI is InChI=1S/C14H20N2O/c1-10(17)15-13-6-4-11-5-7-14(16(2)3)9-12(11)8-13/h4,6,8,14H,5,7,9H2,1-3H3,(H,15,17)/t14-/m0/s1. The molecule has 1 N–H and O–H groups in total. The lowest BCUT2D eigenvalue weighted by atomic mass is 9.87. The van der Waals surface area contributed by atoms with Crippen LogP contribution in [0.2, 0.25) is 0 Å². The van der Waals surface area contributed by atoms with Gasteiger partial charge in [0.15, 0.2) is 0 Å². The highest BCUT2D eigenvalue weighted by atomic mass is 16.1. The highest BCUT2D eigenvalue weighted by molar-refractivity contribution is 5.88. The molecular formula is C14H20N2O. The monoisotopic (exact) mass is 232 g/mol. The molecule has 0 unspecified atom stereocenters. The quantitative estimate of drug-likeness (QED) is 0.846. The number of amides is 1. The lowest BCUT2D eigenvalue weighted by molar-refractivity contribution is -0.114. The van der Waals surface area contributed by atoms with Gasteiger partial charge < -0.3 is 10.2 Å². The number of hydrogen-bond donors (Lipinski definition) is 1. The first-order valence-electron chi connectivity index (χ1n) is 6.12. The second-order valence-electron chi connectivity index (χ2n) is 5.02. The summed E-state index contributed by atoms with van der Waals surface area (Å²) in [5.41, 5.74) is 3.72. The molecule has 3 nitrogen and oxygen atoms in total. The summed E-state index contributed by atoms with van der Waals surface area (Å²) in [6.07, 6.45) is 3.44. The van der Waals surface area contributed by atoms with Crippen LogP contribution < -0.4 is 5.32 Å². The number of benzene rings is 1. The smallest absolute Gasteiger partial charge is 0.221 e. The van der Waals surface area contributed by atoms with Crippen molar-refractivity contribution in [2.24, 2.45) is 0 Å². The molecular weight excluding hydrogens is 212 g/mol. The summed E-state index contributed by atoms with van der Waals surface area (Å²) in [6.45, 7) is 1.54. The van der Waals surface area contributed by atoms with Crippen LogP contribution in [0.5, 0.6) is 0 Å². The van der Waals surface area contributed by atoms with Crippen molar-refractivity contribution in [3.8, 4) is 0 Å². The van der Waals surface area contributed by atoms with Gasteiger partial charge in [-0.15, -0.1) is 0 Å². The van der Waals surface area contributed by atoms with Crippen molar-refractivity contribution in [2.45, 2.75) is 32.2 Å². The van der Waals surface area contributed by atoms with Crippen LogP contribution in [0.1, 0.15) is 24.5 Å². The third-order valence-corrected chi connectivity index (χ3v) is 3.46. The first-order chi connectivity index (χ1) is 8.06. The summed E-state index contributed by atoms with van der Waals surface area (Å²) in [4.78, 5) is 13.3. The molecule has 17 heavy (non-hydrogen) atoms. The fourth-order valence-corrected chi connectivity index (χ4v) is 2.46. The van der Waals surface area contributed by atoms with Gasteiger partial charge in [-0.3, -0.25) is 4.79 Å². The fraction of sp³-hybridized carbons (Fsp3) is 0.500. The van der Waals surface area contributed by atoms with Crippen LogP contribution in [0.15, 0.2) is 18.2 Å². The molecule has 0 saturated heterocycles. The van der Waals surface area contributed by atoms with Crippen molar-refractivity contribution in [3.63, 3.8) is 0 Å². The highest BCUT2D eigenvalue weighted by Crippen LogP contribution is 2.26. The normalized spacial score (nSPS) is 18.9. The summed E-state index contributed by atoms with van der Waals surface area (Å²) < 4.78 is 0. The molecule has 0 bridgehead atoms. The second kappa shape index (κ2) is 4.88. The summed E-state index contributed by atoms with van der Waals surface area (Å²) in [5.74, 6) is -0.00933. The zero-order valence-electron chi connectivity index (χ0n) is 10.8. The van der Waals surface area contributed by atoms with Gasteiger partial charge in [0.2, 0.25) is 5.91 Å². The van der Waals surface area contributed by atoms with Crippen molar-refractivity contribution in [1.82, 2.24) is 4.90 Å². The number of likely N-dealkylation sites (N-methyl/N-ethyl adjacent to an activating group) is 1. The number of anilines is 1. The molecule has 1 aromatic rings. The van der Waals surface area contributed by atoms with Crippen LogP contribution >= 0.6 is 0 Å². The highest BCUT2D eigenvalue weighted by Gasteiger charge is 2.20. The Bertz CT molecular complexity index is 426. The van der Waals surface area contributed by atoms with E-state index in [2.05, 4.69) is 36.4 Å². The maximum atomic E-state index is 11.0. The van der Waals surface area contributed by atoms with Crippen LogP contribution in [0.4, 0.5) is 5.69 Å². The Labute approximate surface area is 103 Å². The molecule has 0 fully saturated rings. The number of carbonyl (C=O) groups excluding carboxylic acids is 1. The zero-order chi connectivity index (χ0) is 12.4. The van der Waals surface area contributed by atoms with Crippen molar-refractivity contribution < 1.29 is 4.79 Å². The molecule has 1 aliphatic carbocycles. The van der Waals surface area contributed by atoms with Crippen molar-refractivity contribution >= 4 is 11.6 Å². The largest absolute Gasteiger partial charge is 0.326 e. The molecule has 0 heterocycles. The SMILES string of the molecule is CC(=O)Nc1ccc2c(c1)C[C@@H](N(C)C)CC2. The van der Waals surface area contributed by atoms with E-state index in [-0.39, 0.29) is 5.91 Å². The van der Waals surface area contributed by atoms with E-state index in [4.69, 9.17) is 0 Å². The van der Waals surface area contributed by atoms with Gasteiger partial charge in [-0.2, -0.15) is 0 Å². The van der Waals surface area contributed by atoms with Gasteiger partial charge in [0.25, 0.3) is 0 Å². The van der Waals surface area contributed by atoms with Crippen LogP contribution in [-0.2, 0) is 17.6 Å². The third-order valence-electron chi connectivity index (χ3n) is 3.46. The molecule has 0 aliphatic heterocycles. The van der Waals surface area contributed by atoms with E-state index in [1.54, 1.807) is 6.92 Å². The van der Waals surface area contributed by atoms with Crippen molar-refractivity contribution in [3.05, 3.63) is 29.3 Å². The van der Waals surface area contributed by atoms with E-state index >= 15 is 0 Å². The van der Waals surface area contributed by atoms with Crippen molar-refractivity contribution in [2.75, 3.05) is 19.4 Å². The lowest BCUT2D eigenvalue weighted by Crippen LogP contribution is -2.33. The van der Waals surface area contributed by atoms with Gasteiger partial charge >= 0.3 is 0 Å². The minimum absolute atomic E-state index is 0.00933. The average Bonchev–Trinajstić information content (AvgIpc) is 2.27. The van der Waals surface area contributed by atoms with Crippen molar-refractivity contribution in [1.29, 1.82) is 0 Å². The molecule has 0 spiro atoms. The average molecular weight is 232 g/mol. The van der Waals surface area contributed by atoms with E-state index in [0.717, 1.165) is 18.5 Å². The van der Waals surface area contributed by atoms with Gasteiger partial charge in [-0.25, -0.2) is 0 Å². The minimum atomic E-state index is -0.00933. The molecule has 1 amide bonds. The molecule has 1 aromatic carbocycles. The van der Waals surface area contributed by atoms with Gasteiger partial charge in [0, 0.05) is 18.7 Å². The summed E-state index contributed by atoms with van der Waals surface area (Å²) in [6, 6.07) is 6.88. The predicted octanol–water partition coefficient (Wildman–Crippen LogP) is 2.06. The predicted molar refractivity (Wildman–Crippen MR) is 70.2 cm³/mol. The number of rotatable bonds is 2. The molecule has 0 saturated carbocycles. The van der Waals surface area contributed by atoms with Crippen LogP contribution in [0, 0.1) is 0 Å². The third kappa shape index (κ3) is 2.86. The van der Waals surface area contributed by atoms with Gasteiger partial charge in [-0.1, -0.05) is 6.07 Å². The van der Waals surface area contributed by atoms with E-state index in [9.17, 15) is 4.79 Å². The Balaban J connectivity index is 2.19. The first kappa shape index (κ1) is 12.1. The molecule has 2 rings (SSSR count). The molecule has 1 atom stereocenters. The minimum Gasteiger partial charge on any atom is -0.326 e. The molecule has 0 radical (unpaired) electrons. The van der Waals surface area contributed by atoms with Gasteiger partial charge in [0.05, 0.1) is 0 Å². The van der Waals surface area contributed by atoms with Gasteiger partial charge in [-0.05, 0) is 56.6 Å². The second-order valence-corrected chi connectivity index (χ2v) is 5.02. The van der Waals surface area contributed by atoms with Crippen LogP contribution in [-0.4, -0.2) is 30.9 Å². The topological polar surface area (TPSA) is 32.3 Å². The number of nitrogens with one attached hydrogen (secondary N) is 1. The molecule has 3 heteroatoms. The Morgan fingerprint density at radius 2 is 2.12 bits per heavy atom. The summed E-state index contributed by atoms with van der Waals surface area (Å²) >= 11 is 0. The Hall–Kier alpha value is -1.35. The van der Waals surface area contributed by atoms with Crippen LogP contribution in [0.3, 0.4) is 0 Å². The van der Waals surface area contributed by atoms with E-state index in [1.165, 1.54) is 17.5 Å². The maximum absolute atomic E-state index is 11.0. The maximum Gasteiger partial charge on any atom is 0.221 e. The van der Waals surface area contributed by atoms with E-state index < -0.39 is 0 Å². The first-order valence-corrected chi connectivity index (χ1v) is 6.12. The van der Waals surface area contributed by atoms with Gasteiger partial charge in [0.1, 0.15) is 0 Å². The number of nitrogens with zero attached hydrogens (tertiary/aromatic N) is 1.